The smallest absolute Gasteiger partial charge is 0.0365 e. The van der Waals surface area contributed by atoms with E-state index >= 15 is 0 Å². The van der Waals surface area contributed by atoms with Gasteiger partial charge in [-0.1, -0.05) is 26.7 Å². The molecule has 2 heteroatoms. The molecule has 0 radical (unpaired) electrons. The first-order valence-corrected chi connectivity index (χ1v) is 8.14. The van der Waals surface area contributed by atoms with Crippen LogP contribution < -0.4 is 5.73 Å². The molecule has 0 aromatic heterocycles. The quantitative estimate of drug-likeness (QED) is 0.834. The fourth-order valence-electron chi connectivity index (χ4n) is 5.40. The molecule has 0 aromatic carbocycles. The van der Waals surface area contributed by atoms with Gasteiger partial charge in [0.2, 0.25) is 0 Å². The van der Waals surface area contributed by atoms with Crippen molar-refractivity contribution in [1.82, 2.24) is 4.90 Å². The van der Waals surface area contributed by atoms with Gasteiger partial charge < -0.3 is 5.73 Å². The number of piperidine rings is 1. The van der Waals surface area contributed by atoms with Crippen LogP contribution in [-0.2, 0) is 0 Å². The summed E-state index contributed by atoms with van der Waals surface area (Å²) in [5, 5.41) is 0. The Hall–Kier alpha value is -0.0800. The Balaban J connectivity index is 1.87. The summed E-state index contributed by atoms with van der Waals surface area (Å²) >= 11 is 0. The highest BCUT2D eigenvalue weighted by molar-refractivity contribution is 5.07. The molecule has 3 fully saturated rings. The van der Waals surface area contributed by atoms with E-state index in [1.807, 2.05) is 0 Å². The molecule has 0 amide bonds. The van der Waals surface area contributed by atoms with E-state index in [1.54, 1.807) is 0 Å². The number of nitrogens with two attached hydrogens (primary N) is 1. The molecular formula is C16H30N2. The van der Waals surface area contributed by atoms with Gasteiger partial charge >= 0.3 is 0 Å². The summed E-state index contributed by atoms with van der Waals surface area (Å²) in [7, 11) is 0. The van der Waals surface area contributed by atoms with Crippen molar-refractivity contribution >= 4 is 0 Å². The monoisotopic (exact) mass is 250 g/mol. The second-order valence-electron chi connectivity index (χ2n) is 7.39. The fraction of sp³-hybridized carbons (Fsp3) is 1.00. The zero-order valence-electron chi connectivity index (χ0n) is 12.2. The molecule has 0 aromatic rings. The molecule has 2 nitrogen and oxygen atoms in total. The molecule has 3 aliphatic rings. The molecule has 18 heavy (non-hydrogen) atoms. The zero-order valence-corrected chi connectivity index (χ0v) is 12.2. The Bertz CT molecular complexity index is 301. The first-order chi connectivity index (χ1) is 8.67. The van der Waals surface area contributed by atoms with E-state index in [1.165, 1.54) is 51.5 Å². The van der Waals surface area contributed by atoms with Crippen molar-refractivity contribution in [1.29, 1.82) is 0 Å². The first-order valence-electron chi connectivity index (χ1n) is 8.14. The van der Waals surface area contributed by atoms with Crippen LogP contribution in [0.15, 0.2) is 0 Å². The lowest BCUT2D eigenvalue weighted by atomic mass is 9.66. The Labute approximate surface area is 112 Å². The van der Waals surface area contributed by atoms with E-state index in [2.05, 4.69) is 18.7 Å². The Morgan fingerprint density at radius 1 is 1.22 bits per heavy atom. The molecule has 2 N–H and O–H groups in total. The van der Waals surface area contributed by atoms with Crippen LogP contribution in [0.25, 0.3) is 0 Å². The average Bonchev–Trinajstić information content (AvgIpc) is 3.00. The zero-order chi connectivity index (χ0) is 12.8. The molecule has 2 bridgehead atoms. The van der Waals surface area contributed by atoms with Crippen LogP contribution in [0.4, 0.5) is 0 Å². The highest BCUT2D eigenvalue weighted by atomic mass is 15.3. The maximum Gasteiger partial charge on any atom is 0.0365 e. The van der Waals surface area contributed by atoms with Crippen molar-refractivity contribution in [2.75, 3.05) is 13.1 Å². The van der Waals surface area contributed by atoms with Crippen LogP contribution in [0.2, 0.25) is 0 Å². The number of fused-ring (bicyclic) bond motifs is 2. The number of hydrogen-bond donors (Lipinski definition) is 1. The van der Waals surface area contributed by atoms with E-state index in [0.29, 0.717) is 5.54 Å². The summed E-state index contributed by atoms with van der Waals surface area (Å²) in [5.41, 5.74) is 6.69. The van der Waals surface area contributed by atoms with Gasteiger partial charge in [0, 0.05) is 24.7 Å². The molecule has 4 atom stereocenters. The maximum absolute atomic E-state index is 6.34. The van der Waals surface area contributed by atoms with Crippen molar-refractivity contribution in [3.8, 4) is 0 Å². The van der Waals surface area contributed by atoms with Gasteiger partial charge in [-0.3, -0.25) is 4.90 Å². The van der Waals surface area contributed by atoms with E-state index < -0.39 is 0 Å². The van der Waals surface area contributed by atoms with Crippen LogP contribution in [0.1, 0.15) is 58.8 Å². The number of hydrogen-bond acceptors (Lipinski definition) is 2. The molecule has 1 aliphatic heterocycles. The van der Waals surface area contributed by atoms with Gasteiger partial charge in [-0.15, -0.1) is 0 Å². The summed E-state index contributed by atoms with van der Waals surface area (Å²) in [6.45, 7) is 7.06. The van der Waals surface area contributed by atoms with Gasteiger partial charge in [-0.05, 0) is 49.9 Å². The third kappa shape index (κ3) is 1.84. The van der Waals surface area contributed by atoms with Crippen LogP contribution >= 0.6 is 0 Å². The fourth-order valence-corrected chi connectivity index (χ4v) is 5.40. The summed E-state index contributed by atoms with van der Waals surface area (Å²) in [5.74, 6) is 2.61. The second-order valence-corrected chi connectivity index (χ2v) is 7.39. The minimum Gasteiger partial charge on any atom is -0.329 e. The molecule has 0 spiro atoms. The number of rotatable bonds is 3. The highest BCUT2D eigenvalue weighted by Crippen LogP contribution is 2.49. The summed E-state index contributed by atoms with van der Waals surface area (Å²) in [6, 6.07) is 0.873. The van der Waals surface area contributed by atoms with Crippen LogP contribution in [-0.4, -0.2) is 29.6 Å². The lowest BCUT2D eigenvalue weighted by molar-refractivity contribution is -0.0322. The van der Waals surface area contributed by atoms with Crippen molar-refractivity contribution in [3.05, 3.63) is 0 Å². The standard InChI is InChI=1S/C16H30N2/c1-12(2)15-5-3-4-8-16(15,11-17)18-10-13-6-7-14(18)9-13/h12-15H,3-11,17H2,1-2H3. The molecule has 1 saturated heterocycles. The number of nitrogens with zero attached hydrogens (tertiary/aromatic N) is 1. The first kappa shape index (κ1) is 12.9. The molecule has 4 unspecified atom stereocenters. The van der Waals surface area contributed by atoms with Gasteiger partial charge in [0.25, 0.3) is 0 Å². The van der Waals surface area contributed by atoms with E-state index in [4.69, 9.17) is 5.73 Å². The van der Waals surface area contributed by atoms with Crippen molar-refractivity contribution in [2.24, 2.45) is 23.5 Å². The third-order valence-corrected chi connectivity index (χ3v) is 6.20. The average molecular weight is 250 g/mol. The maximum atomic E-state index is 6.34. The number of likely N-dealkylation sites (tertiary alicyclic amines) is 1. The van der Waals surface area contributed by atoms with Crippen molar-refractivity contribution in [3.63, 3.8) is 0 Å². The lowest BCUT2D eigenvalue weighted by Gasteiger charge is -2.54. The van der Waals surface area contributed by atoms with Crippen molar-refractivity contribution < 1.29 is 0 Å². The summed E-state index contributed by atoms with van der Waals surface area (Å²) in [4.78, 5) is 2.88. The van der Waals surface area contributed by atoms with Gasteiger partial charge in [0.05, 0.1) is 0 Å². The third-order valence-electron chi connectivity index (χ3n) is 6.20. The van der Waals surface area contributed by atoms with Crippen molar-refractivity contribution in [2.45, 2.75) is 70.4 Å². The SMILES string of the molecule is CC(C)C1CCCCC1(CN)N1CC2CCC1C2. The molecule has 1 heterocycles. The van der Waals surface area contributed by atoms with Gasteiger partial charge in [0.1, 0.15) is 0 Å². The Kier molecular flexibility index (Phi) is 3.44. The van der Waals surface area contributed by atoms with E-state index in [0.717, 1.165) is 30.3 Å². The molecule has 2 saturated carbocycles. The lowest BCUT2D eigenvalue weighted by Crippen LogP contribution is -2.63. The molecular weight excluding hydrogens is 220 g/mol. The summed E-state index contributed by atoms with van der Waals surface area (Å²) in [6.07, 6.45) is 9.97. The van der Waals surface area contributed by atoms with Crippen LogP contribution in [0.3, 0.4) is 0 Å². The minimum absolute atomic E-state index is 0.353. The predicted octanol–water partition coefficient (Wildman–Crippen LogP) is 3.01. The van der Waals surface area contributed by atoms with E-state index in [-0.39, 0.29) is 0 Å². The summed E-state index contributed by atoms with van der Waals surface area (Å²) < 4.78 is 0. The molecule has 104 valence electrons. The topological polar surface area (TPSA) is 29.3 Å². The second kappa shape index (κ2) is 4.79. The van der Waals surface area contributed by atoms with Crippen LogP contribution in [0, 0.1) is 17.8 Å². The molecule has 2 aliphatic carbocycles. The van der Waals surface area contributed by atoms with E-state index in [9.17, 15) is 0 Å². The normalized spacial score (nSPS) is 45.0. The Morgan fingerprint density at radius 2 is 2.06 bits per heavy atom. The van der Waals surface area contributed by atoms with Gasteiger partial charge in [-0.2, -0.15) is 0 Å². The Morgan fingerprint density at radius 3 is 2.61 bits per heavy atom. The van der Waals surface area contributed by atoms with Crippen LogP contribution in [0.5, 0.6) is 0 Å². The highest BCUT2D eigenvalue weighted by Gasteiger charge is 2.52. The minimum atomic E-state index is 0.353. The van der Waals surface area contributed by atoms with Gasteiger partial charge in [0.15, 0.2) is 0 Å². The predicted molar refractivity (Wildman–Crippen MR) is 76.4 cm³/mol. The molecule has 3 rings (SSSR count). The van der Waals surface area contributed by atoms with Gasteiger partial charge in [-0.25, -0.2) is 0 Å². The largest absolute Gasteiger partial charge is 0.329 e.